The average molecular weight is 338 g/mol. The summed E-state index contributed by atoms with van der Waals surface area (Å²) in [6.45, 7) is 0. The van der Waals surface area contributed by atoms with E-state index in [9.17, 15) is 35.2 Å². The summed E-state index contributed by atoms with van der Waals surface area (Å²) < 4.78 is 96.5. The van der Waals surface area contributed by atoms with E-state index in [4.69, 9.17) is 4.55 Å². The highest BCUT2D eigenvalue weighted by atomic mass is 32.2. The van der Waals surface area contributed by atoms with Crippen molar-refractivity contribution in [3.8, 4) is 0 Å². The lowest BCUT2D eigenvalue weighted by atomic mass is 10.00. The number of alkyl halides is 5. The first-order valence-corrected chi connectivity index (χ1v) is 7.13. The third-order valence-corrected chi connectivity index (χ3v) is 3.63. The van der Waals surface area contributed by atoms with Crippen LogP contribution >= 0.6 is 0 Å². The summed E-state index contributed by atoms with van der Waals surface area (Å²) in [4.78, 5) is 11.4. The minimum absolute atomic E-state index is 0.0425. The van der Waals surface area contributed by atoms with Gasteiger partial charge in [0, 0.05) is 5.57 Å². The summed E-state index contributed by atoms with van der Waals surface area (Å²) in [6.07, 6.45) is -7.35. The lowest BCUT2D eigenvalue weighted by molar-refractivity contribution is -0.257. The zero-order valence-electron chi connectivity index (χ0n) is 10.4. The summed E-state index contributed by atoms with van der Waals surface area (Å²) in [5, 5.41) is -5.70. The minimum Gasteiger partial charge on any atom is -0.441 e. The van der Waals surface area contributed by atoms with Gasteiger partial charge in [-0.3, -0.25) is 4.55 Å². The Hall–Kier alpha value is -1.23. The first-order chi connectivity index (χ1) is 9.37. The molecule has 1 N–H and O–H groups in total. The van der Waals surface area contributed by atoms with Gasteiger partial charge in [0.15, 0.2) is 0 Å². The molecule has 0 bridgehead atoms. The fraction of sp³-hybridized carbons (Fsp3) is 0.700. The second kappa shape index (κ2) is 5.87. The highest BCUT2D eigenvalue weighted by Crippen LogP contribution is 2.38. The first-order valence-electron chi connectivity index (χ1n) is 5.69. The molecule has 0 spiro atoms. The molecule has 1 atom stereocenters. The highest BCUT2D eigenvalue weighted by molar-refractivity contribution is 7.86. The van der Waals surface area contributed by atoms with Gasteiger partial charge < -0.3 is 4.74 Å². The van der Waals surface area contributed by atoms with Crippen molar-refractivity contribution >= 4 is 16.1 Å². The molecule has 11 heteroatoms. The highest BCUT2D eigenvalue weighted by Gasteiger charge is 2.66. The Bertz CT molecular complexity index is 537. The van der Waals surface area contributed by atoms with Gasteiger partial charge in [-0.05, 0) is 25.7 Å². The molecule has 0 radical (unpaired) electrons. The van der Waals surface area contributed by atoms with Crippen molar-refractivity contribution in [3.05, 3.63) is 11.6 Å². The van der Waals surface area contributed by atoms with Gasteiger partial charge >= 0.3 is 27.5 Å². The Morgan fingerprint density at radius 3 is 2.19 bits per heavy atom. The molecule has 0 amide bonds. The standard InChI is InChI=1S/C10H11F5O5S/c11-9(12,13)8(10(14,15)21(17,18)19)20-7(16)6-4-2-1-3-5-6/h4,8H,1-3,5H2,(H,17,18,19). The van der Waals surface area contributed by atoms with Crippen molar-refractivity contribution in [2.24, 2.45) is 0 Å². The molecule has 0 saturated carbocycles. The van der Waals surface area contributed by atoms with E-state index in [2.05, 4.69) is 4.74 Å². The van der Waals surface area contributed by atoms with Crippen molar-refractivity contribution in [2.45, 2.75) is 43.2 Å². The lowest BCUT2D eigenvalue weighted by Crippen LogP contribution is -2.52. The smallest absolute Gasteiger partial charge is 0.432 e. The van der Waals surface area contributed by atoms with E-state index in [0.29, 0.717) is 19.3 Å². The second-order valence-corrected chi connectivity index (χ2v) is 5.83. The number of esters is 1. The Labute approximate surface area is 116 Å². The molecule has 0 fully saturated rings. The van der Waals surface area contributed by atoms with Crippen LogP contribution in [-0.4, -0.2) is 36.5 Å². The molecule has 0 aromatic heterocycles. The van der Waals surface area contributed by atoms with E-state index in [1.807, 2.05) is 0 Å². The average Bonchev–Trinajstić information content (AvgIpc) is 2.33. The van der Waals surface area contributed by atoms with Crippen LogP contribution in [0, 0.1) is 0 Å². The molecular formula is C10H11F5O5S. The Morgan fingerprint density at radius 2 is 1.81 bits per heavy atom. The Kier molecular flexibility index (Phi) is 4.98. The Morgan fingerprint density at radius 1 is 1.24 bits per heavy atom. The molecule has 1 aliphatic carbocycles. The summed E-state index contributed by atoms with van der Waals surface area (Å²) in [5.41, 5.74) is -0.235. The normalized spacial score (nSPS) is 18.9. The van der Waals surface area contributed by atoms with E-state index in [1.165, 1.54) is 6.08 Å². The van der Waals surface area contributed by atoms with Gasteiger partial charge in [0.2, 0.25) is 0 Å². The molecule has 1 unspecified atom stereocenters. The third kappa shape index (κ3) is 4.13. The largest absolute Gasteiger partial charge is 0.441 e. The van der Waals surface area contributed by atoms with Gasteiger partial charge in [-0.1, -0.05) is 6.08 Å². The monoisotopic (exact) mass is 338 g/mol. The summed E-state index contributed by atoms with van der Waals surface area (Å²) in [7, 11) is -6.41. The van der Waals surface area contributed by atoms with Crippen LogP contribution in [0.5, 0.6) is 0 Å². The van der Waals surface area contributed by atoms with Crippen molar-refractivity contribution in [1.82, 2.24) is 0 Å². The molecule has 1 aliphatic rings. The minimum atomic E-state index is -6.41. The zero-order chi connectivity index (χ0) is 16.5. The number of halogens is 5. The maximum absolute atomic E-state index is 13.2. The fourth-order valence-corrected chi connectivity index (χ4v) is 2.12. The third-order valence-electron chi connectivity index (χ3n) is 2.72. The van der Waals surface area contributed by atoms with E-state index >= 15 is 0 Å². The molecule has 0 aromatic carbocycles. The predicted octanol–water partition coefficient (Wildman–Crippen LogP) is 2.44. The molecule has 1 rings (SSSR count). The zero-order valence-corrected chi connectivity index (χ0v) is 11.2. The second-order valence-electron chi connectivity index (χ2n) is 4.34. The number of ether oxygens (including phenoxy) is 1. The van der Waals surface area contributed by atoms with Gasteiger partial charge in [0.25, 0.3) is 6.10 Å². The van der Waals surface area contributed by atoms with Crippen molar-refractivity contribution in [2.75, 3.05) is 0 Å². The maximum Gasteiger partial charge on any atom is 0.432 e. The van der Waals surface area contributed by atoms with E-state index in [1.54, 1.807) is 0 Å². The van der Waals surface area contributed by atoms with Crippen LogP contribution in [0.15, 0.2) is 11.6 Å². The topological polar surface area (TPSA) is 80.7 Å². The van der Waals surface area contributed by atoms with Crippen LogP contribution < -0.4 is 0 Å². The van der Waals surface area contributed by atoms with Crippen LogP contribution in [0.3, 0.4) is 0 Å². The van der Waals surface area contributed by atoms with Crippen molar-refractivity contribution < 1.29 is 44.5 Å². The van der Waals surface area contributed by atoms with Crippen molar-refractivity contribution in [1.29, 1.82) is 0 Å². The van der Waals surface area contributed by atoms with Gasteiger partial charge in [-0.15, -0.1) is 0 Å². The lowest BCUT2D eigenvalue weighted by Gasteiger charge is -2.26. The number of rotatable bonds is 4. The molecule has 21 heavy (non-hydrogen) atoms. The van der Waals surface area contributed by atoms with E-state index in [0.717, 1.165) is 0 Å². The quantitative estimate of drug-likeness (QED) is 0.484. The molecule has 0 aromatic rings. The summed E-state index contributed by atoms with van der Waals surface area (Å²) in [6, 6.07) is 0. The Balaban J connectivity index is 3.06. The van der Waals surface area contributed by atoms with Crippen LogP contribution in [0.1, 0.15) is 25.7 Å². The number of hydrogen-bond donors (Lipinski definition) is 1. The predicted molar refractivity (Wildman–Crippen MR) is 59.0 cm³/mol. The molecular weight excluding hydrogens is 327 g/mol. The molecule has 122 valence electrons. The summed E-state index contributed by atoms with van der Waals surface area (Å²) in [5.74, 6) is -1.68. The van der Waals surface area contributed by atoms with E-state index < -0.39 is 33.6 Å². The number of allylic oxidation sites excluding steroid dienone is 1. The molecule has 0 aliphatic heterocycles. The number of carbonyl (C=O) groups excluding carboxylic acids is 1. The van der Waals surface area contributed by atoms with Gasteiger partial charge in [-0.25, -0.2) is 4.79 Å². The van der Waals surface area contributed by atoms with Crippen LogP contribution in [0.25, 0.3) is 0 Å². The van der Waals surface area contributed by atoms with Crippen LogP contribution in [0.2, 0.25) is 0 Å². The van der Waals surface area contributed by atoms with Crippen LogP contribution in [-0.2, 0) is 19.6 Å². The van der Waals surface area contributed by atoms with Crippen LogP contribution in [0.4, 0.5) is 22.0 Å². The maximum atomic E-state index is 13.2. The first kappa shape index (κ1) is 17.8. The van der Waals surface area contributed by atoms with Gasteiger partial charge in [0.05, 0.1) is 0 Å². The van der Waals surface area contributed by atoms with Gasteiger partial charge in [0.1, 0.15) is 0 Å². The number of carbonyl (C=O) groups is 1. The van der Waals surface area contributed by atoms with E-state index in [-0.39, 0.29) is 12.0 Å². The SMILES string of the molecule is O=C(OC(C(F)(F)F)C(F)(F)S(=O)(=O)O)C1=CCCCC1. The fourth-order valence-electron chi connectivity index (χ4n) is 1.67. The molecule has 0 heterocycles. The molecule has 5 nitrogen and oxygen atoms in total. The summed E-state index contributed by atoms with van der Waals surface area (Å²) >= 11 is 0. The van der Waals surface area contributed by atoms with Gasteiger partial charge in [-0.2, -0.15) is 30.4 Å². The number of hydrogen-bond acceptors (Lipinski definition) is 4. The molecule has 0 saturated heterocycles. The van der Waals surface area contributed by atoms with Crippen molar-refractivity contribution in [3.63, 3.8) is 0 Å².